The van der Waals surface area contributed by atoms with Gasteiger partial charge in [0.1, 0.15) is 6.54 Å². The molecule has 0 atom stereocenters. The van der Waals surface area contributed by atoms with E-state index < -0.39 is 10.9 Å². The molecule has 22 heavy (non-hydrogen) atoms. The van der Waals surface area contributed by atoms with Crippen LogP contribution in [0.2, 0.25) is 0 Å². The average molecular weight is 303 g/mol. The first-order valence-corrected chi connectivity index (χ1v) is 6.70. The van der Waals surface area contributed by atoms with Crippen LogP contribution in [-0.2, 0) is 16.8 Å². The number of carbonyl (C=O) groups is 1. The molecule has 1 aromatic heterocycles. The second-order valence-electron chi connectivity index (χ2n) is 5.87. The first-order valence-electron chi connectivity index (χ1n) is 6.70. The summed E-state index contributed by atoms with van der Waals surface area (Å²) in [7, 11) is 0. The third kappa shape index (κ3) is 3.87. The van der Waals surface area contributed by atoms with Crippen LogP contribution in [0.1, 0.15) is 26.3 Å². The van der Waals surface area contributed by atoms with Crippen LogP contribution in [0.15, 0.2) is 30.6 Å². The van der Waals surface area contributed by atoms with E-state index in [-0.39, 0.29) is 17.9 Å². The Morgan fingerprint density at radius 1 is 1.32 bits per heavy atom. The Hall–Kier alpha value is -2.77. The third-order valence-electron chi connectivity index (χ3n) is 3.03. The van der Waals surface area contributed by atoms with Crippen molar-refractivity contribution in [1.29, 1.82) is 0 Å². The summed E-state index contributed by atoms with van der Waals surface area (Å²) in [5, 5.41) is 16.8. The van der Waals surface area contributed by atoms with Gasteiger partial charge in [-0.3, -0.25) is 4.79 Å². The van der Waals surface area contributed by atoms with Crippen molar-refractivity contribution in [3.05, 3.63) is 46.3 Å². The molecule has 1 amide bonds. The molecule has 1 heterocycles. The molecule has 0 unspecified atom stereocenters. The van der Waals surface area contributed by atoms with E-state index in [0.29, 0.717) is 5.69 Å². The SMILES string of the molecule is CC(C)(C)c1ccc(NC(=O)Cn2cnc([N+](=O)[O-])n2)cc1. The van der Waals surface area contributed by atoms with Gasteiger partial charge < -0.3 is 15.4 Å². The highest BCUT2D eigenvalue weighted by atomic mass is 16.6. The van der Waals surface area contributed by atoms with E-state index in [1.165, 1.54) is 0 Å². The maximum absolute atomic E-state index is 11.9. The molecule has 0 saturated carbocycles. The van der Waals surface area contributed by atoms with E-state index in [1.807, 2.05) is 24.3 Å². The fraction of sp³-hybridized carbons (Fsp3) is 0.357. The van der Waals surface area contributed by atoms with Crippen molar-refractivity contribution in [3.8, 4) is 0 Å². The molecule has 116 valence electrons. The van der Waals surface area contributed by atoms with Crippen molar-refractivity contribution in [3.63, 3.8) is 0 Å². The molecule has 2 aromatic rings. The molecule has 2 rings (SSSR count). The zero-order valence-electron chi connectivity index (χ0n) is 12.6. The summed E-state index contributed by atoms with van der Waals surface area (Å²) in [5.41, 5.74) is 1.87. The summed E-state index contributed by atoms with van der Waals surface area (Å²) in [4.78, 5) is 25.1. The van der Waals surface area contributed by atoms with Gasteiger partial charge in [0, 0.05) is 10.8 Å². The molecule has 0 radical (unpaired) electrons. The van der Waals surface area contributed by atoms with Gasteiger partial charge in [0.2, 0.25) is 12.2 Å². The number of anilines is 1. The van der Waals surface area contributed by atoms with Gasteiger partial charge >= 0.3 is 5.95 Å². The molecule has 1 N–H and O–H groups in total. The second kappa shape index (κ2) is 5.92. The molecule has 0 aliphatic carbocycles. The van der Waals surface area contributed by atoms with E-state index in [4.69, 9.17) is 0 Å². The number of amides is 1. The lowest BCUT2D eigenvalue weighted by atomic mass is 9.87. The smallest absolute Gasteiger partial charge is 0.390 e. The predicted molar refractivity (Wildman–Crippen MR) is 80.4 cm³/mol. The number of aromatic nitrogens is 3. The van der Waals surface area contributed by atoms with E-state index in [0.717, 1.165) is 16.6 Å². The summed E-state index contributed by atoms with van der Waals surface area (Å²) in [6.07, 6.45) is 1.15. The minimum absolute atomic E-state index is 0.0439. The minimum Gasteiger partial charge on any atom is -0.390 e. The number of nitrogens with one attached hydrogen (secondary N) is 1. The van der Waals surface area contributed by atoms with Crippen LogP contribution in [0.5, 0.6) is 0 Å². The van der Waals surface area contributed by atoms with E-state index in [2.05, 4.69) is 36.2 Å². The van der Waals surface area contributed by atoms with Crippen molar-refractivity contribution < 1.29 is 9.72 Å². The van der Waals surface area contributed by atoms with Gasteiger partial charge in [0.05, 0.1) is 0 Å². The average Bonchev–Trinajstić information content (AvgIpc) is 2.86. The molecule has 0 spiro atoms. The Morgan fingerprint density at radius 2 is 1.95 bits per heavy atom. The number of hydrogen-bond acceptors (Lipinski definition) is 5. The molecule has 0 bridgehead atoms. The molecule has 0 saturated heterocycles. The maximum atomic E-state index is 11.9. The Balaban J connectivity index is 1.98. The normalized spacial score (nSPS) is 11.2. The van der Waals surface area contributed by atoms with Gasteiger partial charge in [-0.1, -0.05) is 37.9 Å². The van der Waals surface area contributed by atoms with Crippen LogP contribution in [0.4, 0.5) is 11.6 Å². The number of rotatable bonds is 4. The molecule has 1 aromatic carbocycles. The largest absolute Gasteiger partial charge is 0.490 e. The quantitative estimate of drug-likeness (QED) is 0.688. The van der Waals surface area contributed by atoms with E-state index in [9.17, 15) is 14.9 Å². The molecule has 0 aliphatic rings. The zero-order valence-corrected chi connectivity index (χ0v) is 12.6. The molecule has 8 nitrogen and oxygen atoms in total. The van der Waals surface area contributed by atoms with Crippen LogP contribution in [0.3, 0.4) is 0 Å². The predicted octanol–water partition coefficient (Wildman–Crippen LogP) is 2.12. The van der Waals surface area contributed by atoms with Gasteiger partial charge in [-0.15, -0.1) is 0 Å². The van der Waals surface area contributed by atoms with Gasteiger partial charge in [0.15, 0.2) is 0 Å². The summed E-state index contributed by atoms with van der Waals surface area (Å²) in [5.74, 6) is -0.856. The Labute approximate surface area is 127 Å². The zero-order chi connectivity index (χ0) is 16.3. The molecule has 8 heteroatoms. The fourth-order valence-corrected chi connectivity index (χ4v) is 1.85. The second-order valence-corrected chi connectivity index (χ2v) is 5.87. The number of nitrogens with zero attached hydrogens (tertiary/aromatic N) is 4. The first-order chi connectivity index (χ1) is 10.3. The lowest BCUT2D eigenvalue weighted by Crippen LogP contribution is -2.19. The van der Waals surface area contributed by atoms with Gasteiger partial charge in [0.25, 0.3) is 0 Å². The van der Waals surface area contributed by atoms with Crippen LogP contribution >= 0.6 is 0 Å². The van der Waals surface area contributed by atoms with Crippen LogP contribution in [0, 0.1) is 10.1 Å². The van der Waals surface area contributed by atoms with Gasteiger partial charge in [-0.05, 0) is 28.0 Å². The number of carbonyl (C=O) groups excluding carboxylic acids is 1. The van der Waals surface area contributed by atoms with Crippen molar-refractivity contribution in [2.45, 2.75) is 32.7 Å². The summed E-state index contributed by atoms with van der Waals surface area (Å²) >= 11 is 0. The summed E-state index contributed by atoms with van der Waals surface area (Å²) in [6.45, 7) is 6.19. The van der Waals surface area contributed by atoms with Crippen LogP contribution in [0.25, 0.3) is 0 Å². The molecular weight excluding hydrogens is 286 g/mol. The van der Waals surface area contributed by atoms with Crippen molar-refractivity contribution in [1.82, 2.24) is 14.8 Å². The number of nitro groups is 1. The molecule has 0 fully saturated rings. The highest BCUT2D eigenvalue weighted by Gasteiger charge is 2.16. The Bertz CT molecular complexity index is 685. The highest BCUT2D eigenvalue weighted by molar-refractivity contribution is 5.90. The van der Waals surface area contributed by atoms with Gasteiger partial charge in [-0.25, -0.2) is 0 Å². The van der Waals surface area contributed by atoms with Gasteiger partial charge in [-0.2, -0.15) is 4.68 Å². The monoisotopic (exact) mass is 303 g/mol. The molecular formula is C14H17N5O3. The number of hydrogen-bond donors (Lipinski definition) is 1. The van der Waals surface area contributed by atoms with Crippen LogP contribution < -0.4 is 5.32 Å². The van der Waals surface area contributed by atoms with E-state index >= 15 is 0 Å². The number of benzene rings is 1. The van der Waals surface area contributed by atoms with Crippen molar-refractivity contribution in [2.75, 3.05) is 5.32 Å². The van der Waals surface area contributed by atoms with Crippen molar-refractivity contribution >= 4 is 17.5 Å². The lowest BCUT2D eigenvalue weighted by molar-refractivity contribution is -0.394. The summed E-state index contributed by atoms with van der Waals surface area (Å²) in [6, 6.07) is 7.55. The fourth-order valence-electron chi connectivity index (χ4n) is 1.85. The standard InChI is InChI=1S/C14H17N5O3/c1-14(2,3)10-4-6-11(7-5-10)16-12(20)8-18-9-15-13(17-18)19(21)22/h4-7,9H,8H2,1-3H3,(H,16,20). The minimum atomic E-state index is -0.709. The lowest BCUT2D eigenvalue weighted by Gasteiger charge is -2.19. The maximum Gasteiger partial charge on any atom is 0.490 e. The molecule has 0 aliphatic heterocycles. The summed E-state index contributed by atoms with van der Waals surface area (Å²) < 4.78 is 1.12. The topological polar surface area (TPSA) is 103 Å². The van der Waals surface area contributed by atoms with E-state index in [1.54, 1.807) is 0 Å². The van der Waals surface area contributed by atoms with Crippen LogP contribution in [-0.4, -0.2) is 25.6 Å². The highest BCUT2D eigenvalue weighted by Crippen LogP contribution is 2.23. The Morgan fingerprint density at radius 3 is 2.45 bits per heavy atom. The third-order valence-corrected chi connectivity index (χ3v) is 3.03. The first kappa shape index (κ1) is 15.6. The Kier molecular flexibility index (Phi) is 4.20. The van der Waals surface area contributed by atoms with Crippen molar-refractivity contribution in [2.24, 2.45) is 0 Å².